The number of aromatic nitrogens is 2. The van der Waals surface area contributed by atoms with Gasteiger partial charge in [-0.2, -0.15) is 0 Å². The van der Waals surface area contributed by atoms with Gasteiger partial charge in [0, 0.05) is 63.2 Å². The summed E-state index contributed by atoms with van der Waals surface area (Å²) < 4.78 is 0. The first-order chi connectivity index (χ1) is 13.6. The molecule has 0 aliphatic carbocycles. The Morgan fingerprint density at radius 2 is 2.04 bits per heavy atom. The lowest BCUT2D eigenvalue weighted by Gasteiger charge is -2.26. The molecule has 28 heavy (non-hydrogen) atoms. The highest BCUT2D eigenvalue weighted by atomic mass is 16.2. The minimum absolute atomic E-state index is 0.0673. The number of likely N-dealkylation sites (N-methyl/N-ethyl adjacent to an activating group) is 1. The van der Waals surface area contributed by atoms with Crippen LogP contribution in [-0.4, -0.2) is 53.4 Å². The number of anilines is 1. The molecule has 7 heteroatoms. The summed E-state index contributed by atoms with van der Waals surface area (Å²) in [5.41, 5.74) is 1.98. The van der Waals surface area contributed by atoms with Gasteiger partial charge in [-0.05, 0) is 31.0 Å². The topological polar surface area (TPSA) is 78.4 Å². The van der Waals surface area contributed by atoms with E-state index in [2.05, 4.69) is 20.2 Å². The first-order valence-corrected chi connectivity index (χ1v) is 9.73. The van der Waals surface area contributed by atoms with Crippen molar-refractivity contribution in [3.63, 3.8) is 0 Å². The summed E-state index contributed by atoms with van der Waals surface area (Å²) >= 11 is 0. The molecule has 2 amide bonds. The van der Waals surface area contributed by atoms with E-state index >= 15 is 0 Å². The fourth-order valence-corrected chi connectivity index (χ4v) is 3.30. The Hall–Kier alpha value is -2.96. The largest absolute Gasteiger partial charge is 0.359 e. The van der Waals surface area contributed by atoms with Gasteiger partial charge in [0.15, 0.2) is 0 Å². The number of nitrogens with zero attached hydrogens (tertiary/aromatic N) is 4. The smallest absolute Gasteiger partial charge is 0.239 e. The molecule has 0 aromatic carbocycles. The van der Waals surface area contributed by atoms with E-state index in [0.29, 0.717) is 19.5 Å². The maximum absolute atomic E-state index is 12.3. The third-order valence-corrected chi connectivity index (χ3v) is 4.89. The number of likely N-dealkylation sites (tertiary alicyclic amines) is 1. The summed E-state index contributed by atoms with van der Waals surface area (Å²) in [7, 11) is 1.99. The molecule has 1 fully saturated rings. The van der Waals surface area contributed by atoms with E-state index in [1.165, 1.54) is 0 Å². The van der Waals surface area contributed by atoms with Crippen LogP contribution in [0.1, 0.15) is 30.5 Å². The minimum atomic E-state index is -0.138. The van der Waals surface area contributed by atoms with Crippen LogP contribution in [0.2, 0.25) is 0 Å². The average molecular weight is 381 g/mol. The number of carbonyl (C=O) groups excluding carboxylic acids is 2. The Morgan fingerprint density at radius 1 is 1.18 bits per heavy atom. The molecule has 2 aromatic rings. The molecule has 1 aliphatic rings. The zero-order chi connectivity index (χ0) is 19.8. The fourth-order valence-electron chi connectivity index (χ4n) is 3.30. The van der Waals surface area contributed by atoms with E-state index in [4.69, 9.17) is 0 Å². The maximum Gasteiger partial charge on any atom is 0.239 e. The number of hydrogen-bond donors (Lipinski definition) is 1. The van der Waals surface area contributed by atoms with Crippen LogP contribution in [0.4, 0.5) is 5.82 Å². The van der Waals surface area contributed by atoms with E-state index in [0.717, 1.165) is 42.9 Å². The Balaban J connectivity index is 1.54. The van der Waals surface area contributed by atoms with Crippen molar-refractivity contribution in [1.82, 2.24) is 20.2 Å². The predicted octanol–water partition coefficient (Wildman–Crippen LogP) is 1.78. The number of pyridine rings is 2. The summed E-state index contributed by atoms with van der Waals surface area (Å²) in [6.45, 7) is 1.96. The van der Waals surface area contributed by atoms with Crippen LogP contribution >= 0.6 is 0 Å². The second-order valence-corrected chi connectivity index (χ2v) is 7.03. The van der Waals surface area contributed by atoms with Gasteiger partial charge in [-0.3, -0.25) is 14.6 Å². The molecule has 0 radical (unpaired) electrons. The van der Waals surface area contributed by atoms with Crippen molar-refractivity contribution >= 4 is 17.6 Å². The zero-order valence-corrected chi connectivity index (χ0v) is 16.3. The van der Waals surface area contributed by atoms with Crippen molar-refractivity contribution in [2.24, 2.45) is 0 Å². The van der Waals surface area contributed by atoms with Crippen molar-refractivity contribution in [1.29, 1.82) is 0 Å². The normalized spacial score (nSPS) is 14.0. The highest BCUT2D eigenvalue weighted by Gasteiger charge is 2.20. The van der Waals surface area contributed by atoms with Gasteiger partial charge in [-0.25, -0.2) is 4.98 Å². The molecular formula is C21H27N5O2. The predicted molar refractivity (Wildman–Crippen MR) is 108 cm³/mol. The molecule has 0 bridgehead atoms. The molecule has 7 nitrogen and oxygen atoms in total. The molecule has 1 saturated heterocycles. The number of nitrogens with one attached hydrogen (secondary N) is 1. The van der Waals surface area contributed by atoms with Crippen molar-refractivity contribution < 1.29 is 9.59 Å². The van der Waals surface area contributed by atoms with Crippen molar-refractivity contribution in [2.45, 2.75) is 32.2 Å². The molecular weight excluding hydrogens is 354 g/mol. The summed E-state index contributed by atoms with van der Waals surface area (Å²) in [6.07, 6.45) is 6.79. The van der Waals surface area contributed by atoms with Crippen LogP contribution in [0, 0.1) is 0 Å². The molecule has 3 rings (SSSR count). The summed E-state index contributed by atoms with van der Waals surface area (Å²) in [6, 6.07) is 9.73. The summed E-state index contributed by atoms with van der Waals surface area (Å²) in [5.74, 6) is 0.770. The monoisotopic (exact) mass is 381 g/mol. The van der Waals surface area contributed by atoms with E-state index in [-0.39, 0.29) is 18.4 Å². The molecule has 2 aromatic heterocycles. The SMILES string of the molecule is CN(CCc1ccccn1)c1ncccc1CNC(=O)CN1CCCCC1=O. The Bertz CT molecular complexity index is 796. The fraction of sp³-hybridized carbons (Fsp3) is 0.429. The van der Waals surface area contributed by atoms with Crippen LogP contribution in [-0.2, 0) is 22.6 Å². The molecule has 0 saturated carbocycles. The third-order valence-electron chi connectivity index (χ3n) is 4.89. The van der Waals surface area contributed by atoms with E-state index in [1.54, 1.807) is 17.3 Å². The maximum atomic E-state index is 12.3. The Labute approximate surface area is 165 Å². The lowest BCUT2D eigenvalue weighted by atomic mass is 10.1. The highest BCUT2D eigenvalue weighted by molar-refractivity contribution is 5.85. The summed E-state index contributed by atoms with van der Waals surface area (Å²) in [5, 5.41) is 2.92. The number of amides is 2. The quantitative estimate of drug-likeness (QED) is 0.754. The van der Waals surface area contributed by atoms with Gasteiger partial charge in [0.2, 0.25) is 11.8 Å². The van der Waals surface area contributed by atoms with E-state index in [1.807, 2.05) is 37.4 Å². The van der Waals surface area contributed by atoms with Gasteiger partial charge in [-0.15, -0.1) is 0 Å². The molecule has 148 valence electrons. The van der Waals surface area contributed by atoms with Gasteiger partial charge in [-0.1, -0.05) is 12.1 Å². The van der Waals surface area contributed by atoms with Crippen LogP contribution < -0.4 is 10.2 Å². The molecule has 0 spiro atoms. The molecule has 1 aliphatic heterocycles. The summed E-state index contributed by atoms with van der Waals surface area (Å²) in [4.78, 5) is 36.7. The number of piperidine rings is 1. The molecule has 0 unspecified atom stereocenters. The molecule has 0 atom stereocenters. The first kappa shape index (κ1) is 19.8. The second kappa shape index (κ2) is 9.82. The van der Waals surface area contributed by atoms with Crippen molar-refractivity contribution in [2.75, 3.05) is 31.6 Å². The van der Waals surface area contributed by atoms with Gasteiger partial charge in [0.1, 0.15) is 5.82 Å². The third kappa shape index (κ3) is 5.52. The molecule has 1 N–H and O–H groups in total. The van der Waals surface area contributed by atoms with E-state index < -0.39 is 0 Å². The number of carbonyl (C=O) groups is 2. The number of hydrogen-bond acceptors (Lipinski definition) is 5. The van der Waals surface area contributed by atoms with Gasteiger partial charge >= 0.3 is 0 Å². The van der Waals surface area contributed by atoms with Crippen LogP contribution in [0.5, 0.6) is 0 Å². The van der Waals surface area contributed by atoms with Crippen molar-refractivity contribution in [3.05, 3.63) is 54.0 Å². The lowest BCUT2D eigenvalue weighted by molar-refractivity contribution is -0.137. The highest BCUT2D eigenvalue weighted by Crippen LogP contribution is 2.16. The minimum Gasteiger partial charge on any atom is -0.359 e. The lowest BCUT2D eigenvalue weighted by Crippen LogP contribution is -2.42. The van der Waals surface area contributed by atoms with Crippen LogP contribution in [0.3, 0.4) is 0 Å². The van der Waals surface area contributed by atoms with Gasteiger partial charge in [0.05, 0.1) is 6.54 Å². The Kier molecular flexibility index (Phi) is 6.94. The average Bonchev–Trinajstić information content (AvgIpc) is 2.73. The number of rotatable bonds is 8. The van der Waals surface area contributed by atoms with Crippen LogP contribution in [0.15, 0.2) is 42.7 Å². The van der Waals surface area contributed by atoms with Gasteiger partial charge < -0.3 is 15.1 Å². The Morgan fingerprint density at radius 3 is 2.82 bits per heavy atom. The van der Waals surface area contributed by atoms with Crippen molar-refractivity contribution in [3.8, 4) is 0 Å². The standard InChI is InChI=1S/C21H27N5O2/c1-25(14-10-18-8-2-4-11-22-18)21-17(7-6-12-23-21)15-24-19(27)16-26-13-5-3-9-20(26)28/h2,4,6-8,11-12H,3,5,9-10,13-16H2,1H3,(H,24,27). The zero-order valence-electron chi connectivity index (χ0n) is 16.3. The van der Waals surface area contributed by atoms with Crippen LogP contribution in [0.25, 0.3) is 0 Å². The second-order valence-electron chi connectivity index (χ2n) is 7.03. The first-order valence-electron chi connectivity index (χ1n) is 9.73. The van der Waals surface area contributed by atoms with Gasteiger partial charge in [0.25, 0.3) is 0 Å². The van der Waals surface area contributed by atoms with E-state index in [9.17, 15) is 9.59 Å². The molecule has 3 heterocycles.